The second-order valence-electron chi connectivity index (χ2n) is 3.90. The number of amides is 1. The third-order valence-electron chi connectivity index (χ3n) is 2.47. The molecule has 2 rings (SSSR count). The quantitative estimate of drug-likeness (QED) is 0.883. The molecule has 0 aliphatic carbocycles. The van der Waals surface area contributed by atoms with Crippen molar-refractivity contribution in [1.29, 1.82) is 0 Å². The van der Waals surface area contributed by atoms with E-state index in [1.165, 1.54) is 16.2 Å². The van der Waals surface area contributed by atoms with Crippen molar-refractivity contribution in [2.45, 2.75) is 0 Å². The molecule has 0 aliphatic heterocycles. The van der Waals surface area contributed by atoms with Gasteiger partial charge in [0.2, 0.25) is 0 Å². The number of hydrogen-bond donors (Lipinski definition) is 1. The molecule has 0 aliphatic rings. The van der Waals surface area contributed by atoms with Gasteiger partial charge in [-0.15, -0.1) is 11.3 Å². The lowest BCUT2D eigenvalue weighted by atomic mass is 10.2. The fourth-order valence-electron chi connectivity index (χ4n) is 1.64. The van der Waals surface area contributed by atoms with Crippen LogP contribution in [0.25, 0.3) is 0 Å². The Morgan fingerprint density at radius 2 is 2.10 bits per heavy atom. The van der Waals surface area contributed by atoms with E-state index in [0.29, 0.717) is 16.3 Å². The summed E-state index contributed by atoms with van der Waals surface area (Å²) >= 11 is 10.5. The highest BCUT2D eigenvalue weighted by molar-refractivity contribution is 9.11. The summed E-state index contributed by atoms with van der Waals surface area (Å²) in [6.07, 6.45) is 0. The Morgan fingerprint density at radius 3 is 2.65 bits per heavy atom. The predicted molar refractivity (Wildman–Crippen MR) is 82.8 cm³/mol. The van der Waals surface area contributed by atoms with Crippen molar-refractivity contribution in [2.24, 2.45) is 0 Å². The molecule has 104 valence electrons. The molecule has 4 nitrogen and oxygen atoms in total. The number of anilines is 1. The third-order valence-corrected chi connectivity index (χ3v) is 4.21. The van der Waals surface area contributed by atoms with Gasteiger partial charge in [-0.2, -0.15) is 0 Å². The molecule has 20 heavy (non-hydrogen) atoms. The van der Waals surface area contributed by atoms with E-state index < -0.39 is 12.5 Å². The van der Waals surface area contributed by atoms with Crippen LogP contribution in [0.15, 0.2) is 39.5 Å². The first kappa shape index (κ1) is 15.0. The Balaban J connectivity index is 2.37. The number of aliphatic carboxylic acids is 1. The number of carbonyl (C=O) groups excluding carboxylic acids is 1. The van der Waals surface area contributed by atoms with Gasteiger partial charge in [0.05, 0.1) is 9.35 Å². The van der Waals surface area contributed by atoms with Gasteiger partial charge in [0.15, 0.2) is 0 Å². The van der Waals surface area contributed by atoms with E-state index in [1.54, 1.807) is 35.7 Å². The molecule has 0 saturated carbocycles. The molecule has 1 aromatic heterocycles. The van der Waals surface area contributed by atoms with Crippen LogP contribution in [-0.2, 0) is 4.79 Å². The van der Waals surface area contributed by atoms with E-state index in [-0.39, 0.29) is 5.91 Å². The first-order chi connectivity index (χ1) is 9.47. The molecule has 0 radical (unpaired) electrons. The normalized spacial score (nSPS) is 10.3. The van der Waals surface area contributed by atoms with Crippen molar-refractivity contribution < 1.29 is 14.7 Å². The monoisotopic (exact) mass is 373 g/mol. The van der Waals surface area contributed by atoms with Crippen LogP contribution in [0.3, 0.4) is 0 Å². The standard InChI is InChI=1S/C13H9BrClNO3S/c14-11-4-8(7-20-11)13(19)16(6-12(17)18)10-3-1-2-9(15)5-10/h1-5,7H,6H2,(H,17,18). The first-order valence-electron chi connectivity index (χ1n) is 5.50. The lowest BCUT2D eigenvalue weighted by Gasteiger charge is -2.20. The van der Waals surface area contributed by atoms with E-state index in [0.717, 1.165) is 3.79 Å². The zero-order valence-corrected chi connectivity index (χ0v) is 13.2. The SMILES string of the molecule is O=C(O)CN(C(=O)c1csc(Br)c1)c1cccc(Cl)c1. The van der Waals surface area contributed by atoms with Gasteiger partial charge in [-0.3, -0.25) is 14.5 Å². The number of nitrogens with zero attached hydrogens (tertiary/aromatic N) is 1. The number of rotatable bonds is 4. The average Bonchev–Trinajstić information content (AvgIpc) is 2.81. The topological polar surface area (TPSA) is 57.6 Å². The Hall–Kier alpha value is -1.37. The van der Waals surface area contributed by atoms with Gasteiger partial charge in [0.25, 0.3) is 5.91 Å². The number of thiophene rings is 1. The minimum absolute atomic E-state index is 0.378. The average molecular weight is 375 g/mol. The maximum atomic E-state index is 12.4. The van der Waals surface area contributed by atoms with Crippen LogP contribution in [0.2, 0.25) is 5.02 Å². The number of hydrogen-bond acceptors (Lipinski definition) is 3. The number of carboxylic acids is 1. The van der Waals surface area contributed by atoms with Crippen LogP contribution >= 0.6 is 38.9 Å². The lowest BCUT2D eigenvalue weighted by Crippen LogP contribution is -2.35. The van der Waals surface area contributed by atoms with Gasteiger partial charge < -0.3 is 5.11 Å². The van der Waals surface area contributed by atoms with Gasteiger partial charge in [0, 0.05) is 16.1 Å². The number of carboxylic acid groups (broad SMARTS) is 1. The van der Waals surface area contributed by atoms with E-state index >= 15 is 0 Å². The third kappa shape index (κ3) is 3.59. The molecule has 0 fully saturated rings. The fraction of sp³-hybridized carbons (Fsp3) is 0.0769. The first-order valence-corrected chi connectivity index (χ1v) is 7.55. The maximum Gasteiger partial charge on any atom is 0.323 e. The summed E-state index contributed by atoms with van der Waals surface area (Å²) in [6.45, 7) is -0.424. The largest absolute Gasteiger partial charge is 0.480 e. The second-order valence-corrected chi connectivity index (χ2v) is 6.63. The van der Waals surface area contributed by atoms with Crippen molar-refractivity contribution >= 4 is 56.4 Å². The van der Waals surface area contributed by atoms with Crippen LogP contribution in [-0.4, -0.2) is 23.5 Å². The molecule has 0 bridgehead atoms. The van der Waals surface area contributed by atoms with Crippen molar-refractivity contribution in [2.75, 3.05) is 11.4 Å². The summed E-state index contributed by atoms with van der Waals surface area (Å²) in [5.74, 6) is -1.47. The molecular formula is C13H9BrClNO3S. The van der Waals surface area contributed by atoms with Gasteiger partial charge in [0.1, 0.15) is 6.54 Å². The minimum atomic E-state index is -1.09. The van der Waals surface area contributed by atoms with Crippen LogP contribution in [0.4, 0.5) is 5.69 Å². The van der Waals surface area contributed by atoms with Crippen LogP contribution in [0.5, 0.6) is 0 Å². The second kappa shape index (κ2) is 6.39. The molecule has 2 aromatic rings. The van der Waals surface area contributed by atoms with Crippen molar-refractivity contribution in [3.05, 3.63) is 50.1 Å². The van der Waals surface area contributed by atoms with Gasteiger partial charge >= 0.3 is 5.97 Å². The molecule has 0 saturated heterocycles. The lowest BCUT2D eigenvalue weighted by molar-refractivity contribution is -0.135. The summed E-state index contributed by atoms with van der Waals surface area (Å²) in [7, 11) is 0. The zero-order chi connectivity index (χ0) is 14.7. The Labute approximate surface area is 132 Å². The van der Waals surface area contributed by atoms with Crippen LogP contribution in [0.1, 0.15) is 10.4 Å². The number of benzene rings is 1. The highest BCUT2D eigenvalue weighted by Gasteiger charge is 2.21. The van der Waals surface area contributed by atoms with E-state index in [9.17, 15) is 9.59 Å². The number of halogens is 2. The Morgan fingerprint density at radius 1 is 1.35 bits per heavy atom. The van der Waals surface area contributed by atoms with E-state index in [4.69, 9.17) is 16.7 Å². The summed E-state index contributed by atoms with van der Waals surface area (Å²) < 4.78 is 0.808. The predicted octanol–water partition coefficient (Wildman–Crippen LogP) is 3.90. The van der Waals surface area contributed by atoms with Crippen LogP contribution in [0, 0.1) is 0 Å². The molecular weight excluding hydrogens is 366 g/mol. The van der Waals surface area contributed by atoms with Crippen molar-refractivity contribution in [1.82, 2.24) is 0 Å². The van der Waals surface area contributed by atoms with Crippen molar-refractivity contribution in [3.63, 3.8) is 0 Å². The maximum absolute atomic E-state index is 12.4. The smallest absolute Gasteiger partial charge is 0.323 e. The molecule has 1 aromatic carbocycles. The summed E-state index contributed by atoms with van der Waals surface area (Å²) in [6, 6.07) is 8.20. The molecule has 1 amide bonds. The molecule has 1 N–H and O–H groups in total. The summed E-state index contributed by atoms with van der Waals surface area (Å²) in [4.78, 5) is 24.6. The zero-order valence-electron chi connectivity index (χ0n) is 10.0. The van der Waals surface area contributed by atoms with Gasteiger partial charge in [-0.25, -0.2) is 0 Å². The van der Waals surface area contributed by atoms with Gasteiger partial charge in [-0.05, 0) is 40.2 Å². The Bertz CT molecular complexity index is 659. The van der Waals surface area contributed by atoms with Crippen molar-refractivity contribution in [3.8, 4) is 0 Å². The molecule has 0 spiro atoms. The van der Waals surface area contributed by atoms with Crippen LogP contribution < -0.4 is 4.90 Å². The number of carbonyl (C=O) groups is 2. The van der Waals surface area contributed by atoms with E-state index in [2.05, 4.69) is 15.9 Å². The fourth-order valence-corrected chi connectivity index (χ4v) is 2.95. The molecule has 1 heterocycles. The molecule has 7 heteroatoms. The molecule has 0 atom stereocenters. The highest BCUT2D eigenvalue weighted by Crippen LogP contribution is 2.25. The van der Waals surface area contributed by atoms with E-state index in [1.807, 2.05) is 0 Å². The Kier molecular flexibility index (Phi) is 4.80. The highest BCUT2D eigenvalue weighted by atomic mass is 79.9. The van der Waals surface area contributed by atoms with Gasteiger partial charge in [-0.1, -0.05) is 17.7 Å². The summed E-state index contributed by atoms with van der Waals surface area (Å²) in [5, 5.41) is 11.1. The minimum Gasteiger partial charge on any atom is -0.480 e. The summed E-state index contributed by atoms with van der Waals surface area (Å²) in [5.41, 5.74) is 0.885. The molecule has 0 unspecified atom stereocenters.